The van der Waals surface area contributed by atoms with Crippen LogP contribution in [0.5, 0.6) is 0 Å². The highest BCUT2D eigenvalue weighted by Crippen LogP contribution is 2.26. The summed E-state index contributed by atoms with van der Waals surface area (Å²) in [6, 6.07) is 20.2. The molecule has 0 radical (unpaired) electrons. The van der Waals surface area contributed by atoms with Crippen LogP contribution < -0.4 is 5.32 Å². The van der Waals surface area contributed by atoms with E-state index in [1.54, 1.807) is 0 Å². The van der Waals surface area contributed by atoms with E-state index in [1.165, 1.54) is 0 Å². The van der Waals surface area contributed by atoms with Crippen molar-refractivity contribution in [3.63, 3.8) is 0 Å². The normalized spacial score (nSPS) is 21.3. The number of rotatable bonds is 19. The third-order valence-corrected chi connectivity index (χ3v) is 7.06. The van der Waals surface area contributed by atoms with Gasteiger partial charge < -0.3 is 25.0 Å². The zero-order valence-corrected chi connectivity index (χ0v) is 22.5. The molecule has 38 heavy (non-hydrogen) atoms. The van der Waals surface area contributed by atoms with E-state index in [0.29, 0.717) is 38.3 Å². The van der Waals surface area contributed by atoms with Crippen LogP contribution in [0.25, 0.3) is 0 Å². The second-order valence-electron chi connectivity index (χ2n) is 10.1. The van der Waals surface area contributed by atoms with Gasteiger partial charge in [-0.2, -0.15) is 0 Å². The number of hydrogen-bond donors (Lipinski definition) is 3. The molecule has 1 aliphatic heterocycles. The molecule has 6 heteroatoms. The summed E-state index contributed by atoms with van der Waals surface area (Å²) in [6.07, 6.45) is 11.4. The number of allylic oxidation sites excluding steroid dienone is 2. The van der Waals surface area contributed by atoms with Gasteiger partial charge in [0.05, 0.1) is 25.9 Å². The number of benzene rings is 2. The maximum atomic E-state index is 11.8. The number of ketones is 1. The van der Waals surface area contributed by atoms with Gasteiger partial charge in [0.2, 0.25) is 0 Å². The number of ether oxygens (including phenoxy) is 2. The van der Waals surface area contributed by atoms with Gasteiger partial charge in [0.15, 0.2) is 0 Å². The van der Waals surface area contributed by atoms with Crippen molar-refractivity contribution in [2.75, 3.05) is 13.2 Å². The highest BCUT2D eigenvalue weighted by atomic mass is 16.5. The Bertz CT molecular complexity index is 920. The maximum absolute atomic E-state index is 11.8. The predicted molar refractivity (Wildman–Crippen MR) is 151 cm³/mol. The Morgan fingerprint density at radius 1 is 0.737 bits per heavy atom. The average Bonchev–Trinajstić information content (AvgIpc) is 3.29. The molecule has 4 atom stereocenters. The number of carbonyl (C=O) groups is 1. The maximum Gasteiger partial charge on any atom is 0.132 e. The predicted octanol–water partition coefficient (Wildman–Crippen LogP) is 5.12. The molecule has 2 aromatic rings. The van der Waals surface area contributed by atoms with Crippen molar-refractivity contribution < 1.29 is 24.5 Å². The molecular formula is C32H45NO5. The van der Waals surface area contributed by atoms with Gasteiger partial charge >= 0.3 is 0 Å². The number of carbonyl (C=O) groups excluding carboxylic acids is 1. The molecule has 1 aliphatic rings. The van der Waals surface area contributed by atoms with Gasteiger partial charge in [-0.05, 0) is 56.1 Å². The fourth-order valence-corrected chi connectivity index (χ4v) is 4.94. The fourth-order valence-electron chi connectivity index (χ4n) is 4.94. The lowest BCUT2D eigenvalue weighted by Crippen LogP contribution is -2.39. The lowest BCUT2D eigenvalue weighted by Gasteiger charge is -2.26. The molecule has 3 rings (SSSR count). The fraction of sp³-hybridized carbons (Fsp3) is 0.531. The van der Waals surface area contributed by atoms with E-state index >= 15 is 0 Å². The van der Waals surface area contributed by atoms with Gasteiger partial charge in [-0.3, -0.25) is 4.79 Å². The lowest BCUT2D eigenvalue weighted by atomic mass is 10.0. The molecule has 0 unspecified atom stereocenters. The molecule has 0 bridgehead atoms. The Morgan fingerprint density at radius 3 is 1.87 bits per heavy atom. The third kappa shape index (κ3) is 10.8. The minimum atomic E-state index is -0.243. The van der Waals surface area contributed by atoms with Crippen molar-refractivity contribution in [3.8, 4) is 0 Å². The minimum Gasteiger partial charge on any atom is -0.396 e. The van der Waals surface area contributed by atoms with E-state index in [2.05, 4.69) is 29.6 Å². The van der Waals surface area contributed by atoms with Crippen LogP contribution >= 0.6 is 0 Å². The number of unbranched alkanes of at least 4 members (excludes halogenated alkanes) is 3. The summed E-state index contributed by atoms with van der Waals surface area (Å²) in [5, 5.41) is 22.5. The first-order chi connectivity index (χ1) is 18.7. The van der Waals surface area contributed by atoms with Crippen molar-refractivity contribution in [3.05, 3.63) is 83.9 Å². The van der Waals surface area contributed by atoms with Crippen LogP contribution in [-0.2, 0) is 27.5 Å². The zero-order chi connectivity index (χ0) is 26.8. The summed E-state index contributed by atoms with van der Waals surface area (Å²) >= 11 is 0. The van der Waals surface area contributed by atoms with Gasteiger partial charge in [0, 0.05) is 25.5 Å². The number of aliphatic hydroxyl groups excluding tert-OH is 2. The number of nitrogens with one attached hydrogen (secondary N) is 1. The van der Waals surface area contributed by atoms with Crippen LogP contribution in [0.3, 0.4) is 0 Å². The topological polar surface area (TPSA) is 88.0 Å². The van der Waals surface area contributed by atoms with Gasteiger partial charge in [0.25, 0.3) is 0 Å². The summed E-state index contributed by atoms with van der Waals surface area (Å²) < 4.78 is 12.8. The Kier molecular flexibility index (Phi) is 14.3. The molecule has 208 valence electrons. The van der Waals surface area contributed by atoms with Crippen LogP contribution in [0.1, 0.15) is 68.9 Å². The van der Waals surface area contributed by atoms with Gasteiger partial charge in [-0.1, -0.05) is 72.8 Å². The first kappa shape index (κ1) is 30.2. The highest BCUT2D eigenvalue weighted by Gasteiger charge is 2.43. The highest BCUT2D eigenvalue weighted by molar-refractivity contribution is 5.78. The smallest absolute Gasteiger partial charge is 0.132 e. The molecule has 6 nitrogen and oxygen atoms in total. The number of aliphatic hydroxyl groups is 2. The SMILES string of the molecule is O=C(CCCCO)CCCC/C=C/CC[C@H]1N[C@H](CO)[C@@H](OCc2ccccc2)[C@@H]1OCc1ccccc1. The van der Waals surface area contributed by atoms with Crippen LogP contribution in [0.2, 0.25) is 0 Å². The van der Waals surface area contributed by atoms with Gasteiger partial charge in [-0.25, -0.2) is 0 Å². The van der Waals surface area contributed by atoms with Crippen molar-refractivity contribution >= 4 is 5.78 Å². The molecule has 1 heterocycles. The van der Waals surface area contributed by atoms with Gasteiger partial charge in [-0.15, -0.1) is 0 Å². The third-order valence-electron chi connectivity index (χ3n) is 7.06. The second kappa shape index (κ2) is 18.0. The van der Waals surface area contributed by atoms with E-state index in [4.69, 9.17) is 14.6 Å². The number of Topliss-reactive ketones (excluding diaryl/α,β-unsaturated/α-hetero) is 1. The second-order valence-corrected chi connectivity index (χ2v) is 10.1. The average molecular weight is 524 g/mol. The molecular weight excluding hydrogens is 478 g/mol. The Labute approximate surface area is 228 Å². The van der Waals surface area contributed by atoms with Crippen molar-refractivity contribution in [2.45, 2.75) is 95.3 Å². The number of hydrogen-bond acceptors (Lipinski definition) is 6. The summed E-state index contributed by atoms with van der Waals surface area (Å²) in [6.45, 7) is 1.14. The van der Waals surface area contributed by atoms with Crippen LogP contribution in [0.15, 0.2) is 72.8 Å². The standard InChI is InChI=1S/C32H45NO5/c34-22-14-13-20-28(36)19-11-3-1-2-4-12-21-29-31(37-24-26-15-7-5-8-16-26)32(30(23-35)33-29)38-25-27-17-9-6-10-18-27/h2,4-10,15-18,29-35H,1,3,11-14,19-25H2/b4-2+/t29-,30-,31-,32-/m1/s1. The minimum absolute atomic E-state index is 0.00425. The van der Waals surface area contributed by atoms with Crippen molar-refractivity contribution in [1.82, 2.24) is 5.32 Å². The van der Waals surface area contributed by atoms with E-state index in [-0.39, 0.29) is 37.5 Å². The molecule has 0 amide bonds. The molecule has 3 N–H and O–H groups in total. The Hall–Kier alpha value is -2.35. The summed E-state index contributed by atoms with van der Waals surface area (Å²) in [7, 11) is 0. The van der Waals surface area contributed by atoms with Gasteiger partial charge in [0.1, 0.15) is 18.0 Å². The van der Waals surface area contributed by atoms with E-state index in [0.717, 1.165) is 49.7 Å². The molecule has 1 fully saturated rings. The van der Waals surface area contributed by atoms with Crippen molar-refractivity contribution in [2.24, 2.45) is 0 Å². The first-order valence-corrected chi connectivity index (χ1v) is 14.2. The molecule has 0 aromatic heterocycles. The largest absolute Gasteiger partial charge is 0.396 e. The Morgan fingerprint density at radius 2 is 1.29 bits per heavy atom. The molecule has 0 spiro atoms. The van der Waals surface area contributed by atoms with E-state index in [1.807, 2.05) is 48.5 Å². The van der Waals surface area contributed by atoms with E-state index < -0.39 is 0 Å². The summed E-state index contributed by atoms with van der Waals surface area (Å²) in [5.41, 5.74) is 2.22. The summed E-state index contributed by atoms with van der Waals surface area (Å²) in [4.78, 5) is 11.8. The molecule has 1 saturated heterocycles. The van der Waals surface area contributed by atoms with Crippen molar-refractivity contribution in [1.29, 1.82) is 0 Å². The van der Waals surface area contributed by atoms with Crippen LogP contribution in [-0.4, -0.2) is 53.5 Å². The quantitative estimate of drug-likeness (QED) is 0.175. The summed E-state index contributed by atoms with van der Waals surface area (Å²) in [5.74, 6) is 0.304. The monoisotopic (exact) mass is 523 g/mol. The molecule has 0 aliphatic carbocycles. The van der Waals surface area contributed by atoms with E-state index in [9.17, 15) is 9.90 Å². The molecule has 2 aromatic carbocycles. The zero-order valence-electron chi connectivity index (χ0n) is 22.5. The molecule has 0 saturated carbocycles. The first-order valence-electron chi connectivity index (χ1n) is 14.2. The lowest BCUT2D eigenvalue weighted by molar-refractivity contribution is -0.119. The van der Waals surface area contributed by atoms with Crippen LogP contribution in [0, 0.1) is 0 Å². The van der Waals surface area contributed by atoms with Crippen LogP contribution in [0.4, 0.5) is 0 Å². The Balaban J connectivity index is 1.47.